The molecule has 0 spiro atoms. The smallest absolute Gasteiger partial charge is 0.119 e. The molecule has 2 aromatic carbocycles. The van der Waals surface area contributed by atoms with E-state index in [1.165, 1.54) is 11.1 Å². The third kappa shape index (κ3) is 5.31. The lowest BCUT2D eigenvalue weighted by atomic mass is 9.80. The first kappa shape index (κ1) is 22.3. The molecular formula is C26H38O2. The quantitative estimate of drug-likeness (QED) is 0.451. The van der Waals surface area contributed by atoms with E-state index in [4.69, 9.17) is 0 Å². The van der Waals surface area contributed by atoms with Crippen molar-refractivity contribution < 1.29 is 10.2 Å². The molecule has 1 unspecified atom stereocenters. The van der Waals surface area contributed by atoms with Crippen molar-refractivity contribution in [2.45, 2.75) is 91.9 Å². The fraction of sp³-hybridized carbons (Fsp3) is 0.538. The van der Waals surface area contributed by atoms with E-state index < -0.39 is 0 Å². The maximum atomic E-state index is 10.7. The van der Waals surface area contributed by atoms with Gasteiger partial charge < -0.3 is 10.2 Å². The standard InChI is InChI=1S/C26H38O2/c1-6-9-12-20-17-23(19(5)16-25(20)27)21(11-8-3)24-14-18(4)15-26(28)22(24)13-10-7-2/h14-17,21,27-28H,6-13H2,1-5H3. The molecule has 28 heavy (non-hydrogen) atoms. The highest BCUT2D eigenvalue weighted by molar-refractivity contribution is 5.51. The molecule has 154 valence electrons. The van der Waals surface area contributed by atoms with Crippen molar-refractivity contribution in [3.8, 4) is 11.5 Å². The highest BCUT2D eigenvalue weighted by atomic mass is 16.3. The maximum absolute atomic E-state index is 10.7. The number of hydrogen-bond acceptors (Lipinski definition) is 2. The first-order valence-electron chi connectivity index (χ1n) is 11.1. The van der Waals surface area contributed by atoms with E-state index in [-0.39, 0.29) is 5.92 Å². The van der Waals surface area contributed by atoms with Gasteiger partial charge in [0.15, 0.2) is 0 Å². The van der Waals surface area contributed by atoms with Gasteiger partial charge in [-0.15, -0.1) is 0 Å². The van der Waals surface area contributed by atoms with E-state index >= 15 is 0 Å². The zero-order valence-electron chi connectivity index (χ0n) is 18.4. The summed E-state index contributed by atoms with van der Waals surface area (Å²) in [5, 5.41) is 21.2. The molecule has 0 heterocycles. The van der Waals surface area contributed by atoms with Crippen LogP contribution < -0.4 is 0 Å². The summed E-state index contributed by atoms with van der Waals surface area (Å²) in [6.45, 7) is 10.8. The molecule has 0 aliphatic heterocycles. The Morgan fingerprint density at radius 2 is 1.43 bits per heavy atom. The predicted molar refractivity (Wildman–Crippen MR) is 120 cm³/mol. The lowest BCUT2D eigenvalue weighted by molar-refractivity contribution is 0.462. The zero-order chi connectivity index (χ0) is 20.7. The number of rotatable bonds is 10. The molecular weight excluding hydrogens is 344 g/mol. The van der Waals surface area contributed by atoms with Gasteiger partial charge in [0.05, 0.1) is 0 Å². The Labute approximate surface area is 171 Å². The molecule has 0 saturated carbocycles. The average Bonchev–Trinajstić information content (AvgIpc) is 2.65. The van der Waals surface area contributed by atoms with E-state index in [9.17, 15) is 10.2 Å². The fourth-order valence-electron chi connectivity index (χ4n) is 4.23. The van der Waals surface area contributed by atoms with Crippen LogP contribution in [0, 0.1) is 13.8 Å². The van der Waals surface area contributed by atoms with Crippen LogP contribution in [0.3, 0.4) is 0 Å². The van der Waals surface area contributed by atoms with Gasteiger partial charge in [-0.2, -0.15) is 0 Å². The van der Waals surface area contributed by atoms with Crippen LogP contribution in [0.15, 0.2) is 24.3 Å². The average molecular weight is 383 g/mol. The summed E-state index contributed by atoms with van der Waals surface area (Å²) < 4.78 is 0. The fourth-order valence-corrected chi connectivity index (χ4v) is 4.23. The van der Waals surface area contributed by atoms with Crippen LogP contribution >= 0.6 is 0 Å². The Kier molecular flexibility index (Phi) is 8.41. The number of aromatic hydroxyl groups is 2. The van der Waals surface area contributed by atoms with Crippen molar-refractivity contribution in [2.24, 2.45) is 0 Å². The molecule has 0 saturated heterocycles. The van der Waals surface area contributed by atoms with Crippen molar-refractivity contribution in [1.29, 1.82) is 0 Å². The molecule has 2 nitrogen and oxygen atoms in total. The summed E-state index contributed by atoms with van der Waals surface area (Å²) in [5.41, 5.74) is 6.97. The molecule has 0 aromatic heterocycles. The van der Waals surface area contributed by atoms with Gasteiger partial charge in [-0.1, -0.05) is 52.2 Å². The molecule has 2 rings (SSSR count). The summed E-state index contributed by atoms with van der Waals surface area (Å²) in [5.74, 6) is 1.11. The second kappa shape index (κ2) is 10.5. The molecule has 2 heteroatoms. The van der Waals surface area contributed by atoms with Crippen LogP contribution in [0.5, 0.6) is 11.5 Å². The van der Waals surface area contributed by atoms with E-state index in [0.717, 1.165) is 73.6 Å². The number of phenolic OH excluding ortho intramolecular Hbond substituents is 2. The van der Waals surface area contributed by atoms with Crippen molar-refractivity contribution in [3.05, 3.63) is 57.6 Å². The Balaban J connectivity index is 2.60. The highest BCUT2D eigenvalue weighted by Gasteiger charge is 2.22. The normalized spacial score (nSPS) is 12.3. The lowest BCUT2D eigenvalue weighted by Gasteiger charge is -2.25. The van der Waals surface area contributed by atoms with Gasteiger partial charge >= 0.3 is 0 Å². The first-order valence-corrected chi connectivity index (χ1v) is 11.1. The van der Waals surface area contributed by atoms with Crippen LogP contribution in [0.2, 0.25) is 0 Å². The topological polar surface area (TPSA) is 40.5 Å². The number of benzene rings is 2. The van der Waals surface area contributed by atoms with Crippen LogP contribution in [-0.4, -0.2) is 10.2 Å². The maximum Gasteiger partial charge on any atom is 0.119 e. The van der Waals surface area contributed by atoms with Crippen molar-refractivity contribution in [2.75, 3.05) is 0 Å². The van der Waals surface area contributed by atoms with Gasteiger partial charge in [0.1, 0.15) is 11.5 Å². The minimum atomic E-state index is 0.253. The number of hydrogen-bond donors (Lipinski definition) is 2. The zero-order valence-corrected chi connectivity index (χ0v) is 18.4. The molecule has 2 aromatic rings. The molecule has 2 N–H and O–H groups in total. The molecule has 0 amide bonds. The van der Waals surface area contributed by atoms with E-state index in [2.05, 4.69) is 46.8 Å². The Morgan fingerprint density at radius 3 is 2.07 bits per heavy atom. The number of phenols is 2. The van der Waals surface area contributed by atoms with Crippen molar-refractivity contribution >= 4 is 0 Å². The second-order valence-electron chi connectivity index (χ2n) is 8.24. The van der Waals surface area contributed by atoms with Crippen LogP contribution in [0.1, 0.15) is 98.6 Å². The predicted octanol–water partition coefficient (Wildman–Crippen LogP) is 7.33. The van der Waals surface area contributed by atoms with E-state index in [1.54, 1.807) is 0 Å². The van der Waals surface area contributed by atoms with Crippen molar-refractivity contribution in [1.82, 2.24) is 0 Å². The summed E-state index contributed by atoms with van der Waals surface area (Å²) in [7, 11) is 0. The molecule has 0 radical (unpaired) electrons. The monoisotopic (exact) mass is 382 g/mol. The van der Waals surface area contributed by atoms with E-state index in [0.29, 0.717) is 11.5 Å². The van der Waals surface area contributed by atoms with Gasteiger partial charge in [0.2, 0.25) is 0 Å². The third-order valence-corrected chi connectivity index (χ3v) is 5.78. The van der Waals surface area contributed by atoms with E-state index in [1.807, 2.05) is 12.1 Å². The first-order chi connectivity index (χ1) is 13.4. The lowest BCUT2D eigenvalue weighted by Crippen LogP contribution is -2.09. The summed E-state index contributed by atoms with van der Waals surface area (Å²) in [6, 6.07) is 8.32. The Bertz CT molecular complexity index is 776. The third-order valence-electron chi connectivity index (χ3n) is 5.78. The minimum Gasteiger partial charge on any atom is -0.508 e. The SMILES string of the molecule is CCCCc1cc(C(CCC)c2cc(C)cc(O)c2CCCC)c(C)cc1O. The molecule has 0 aliphatic rings. The van der Waals surface area contributed by atoms with Crippen molar-refractivity contribution in [3.63, 3.8) is 0 Å². The highest BCUT2D eigenvalue weighted by Crippen LogP contribution is 2.39. The Hall–Kier alpha value is -1.96. The minimum absolute atomic E-state index is 0.253. The molecule has 0 bridgehead atoms. The van der Waals surface area contributed by atoms with Crippen LogP contribution in [0.4, 0.5) is 0 Å². The molecule has 1 atom stereocenters. The Morgan fingerprint density at radius 1 is 0.750 bits per heavy atom. The van der Waals surface area contributed by atoms with Gasteiger partial charge in [-0.05, 0) is 91.5 Å². The summed E-state index contributed by atoms with van der Waals surface area (Å²) in [4.78, 5) is 0. The van der Waals surface area contributed by atoms with Crippen LogP contribution in [0.25, 0.3) is 0 Å². The summed E-state index contributed by atoms with van der Waals surface area (Å²) >= 11 is 0. The van der Waals surface area contributed by atoms with Gasteiger partial charge in [0.25, 0.3) is 0 Å². The van der Waals surface area contributed by atoms with Gasteiger partial charge in [0, 0.05) is 5.92 Å². The number of unbranched alkanes of at least 4 members (excludes halogenated alkanes) is 2. The molecule has 0 fully saturated rings. The molecule has 0 aliphatic carbocycles. The largest absolute Gasteiger partial charge is 0.508 e. The van der Waals surface area contributed by atoms with Crippen LogP contribution in [-0.2, 0) is 12.8 Å². The number of aryl methyl sites for hydroxylation is 3. The second-order valence-corrected chi connectivity index (χ2v) is 8.24. The summed E-state index contributed by atoms with van der Waals surface area (Å²) in [6.07, 6.45) is 8.35. The van der Waals surface area contributed by atoms with Gasteiger partial charge in [-0.3, -0.25) is 0 Å². The van der Waals surface area contributed by atoms with Gasteiger partial charge in [-0.25, -0.2) is 0 Å².